The Kier molecular flexibility index (Phi) is 6.12. The molecule has 0 radical (unpaired) electrons. The molecule has 2 aliphatic carbocycles. The van der Waals surface area contributed by atoms with E-state index in [0.717, 1.165) is 49.8 Å². The van der Waals surface area contributed by atoms with Crippen LogP contribution in [-0.2, 0) is 16.1 Å². The lowest BCUT2D eigenvalue weighted by Crippen LogP contribution is -2.23. The lowest BCUT2D eigenvalue weighted by molar-refractivity contribution is -0.119. The minimum Gasteiger partial charge on any atom is -0.348 e. The number of benzene rings is 2. The lowest BCUT2D eigenvalue weighted by atomic mass is 10.1. The van der Waals surface area contributed by atoms with Crippen molar-refractivity contribution in [3.05, 3.63) is 59.7 Å². The summed E-state index contributed by atoms with van der Waals surface area (Å²) in [4.78, 5) is 36.8. The summed E-state index contributed by atoms with van der Waals surface area (Å²) in [6.45, 7) is 0.352. The van der Waals surface area contributed by atoms with Crippen LogP contribution in [0.2, 0.25) is 0 Å². The molecule has 0 spiro atoms. The number of rotatable bonds is 7. The Labute approximate surface area is 176 Å². The van der Waals surface area contributed by atoms with Crippen molar-refractivity contribution in [1.29, 1.82) is 0 Å². The summed E-state index contributed by atoms with van der Waals surface area (Å²) in [5, 5.41) is 8.76. The fraction of sp³-hybridized carbons (Fsp3) is 0.375. The van der Waals surface area contributed by atoms with Crippen molar-refractivity contribution in [3.8, 4) is 0 Å². The lowest BCUT2D eigenvalue weighted by Gasteiger charge is -2.12. The second kappa shape index (κ2) is 9.11. The molecule has 0 atom stereocenters. The van der Waals surface area contributed by atoms with E-state index in [0.29, 0.717) is 17.8 Å². The van der Waals surface area contributed by atoms with Crippen molar-refractivity contribution in [1.82, 2.24) is 5.32 Å². The van der Waals surface area contributed by atoms with Crippen molar-refractivity contribution in [2.45, 2.75) is 45.1 Å². The van der Waals surface area contributed by atoms with Crippen molar-refractivity contribution in [2.24, 2.45) is 11.8 Å². The quantitative estimate of drug-likeness (QED) is 0.648. The highest BCUT2D eigenvalue weighted by Gasteiger charge is 2.29. The Balaban J connectivity index is 1.32. The summed E-state index contributed by atoms with van der Waals surface area (Å²) >= 11 is 0. The molecule has 30 heavy (non-hydrogen) atoms. The third-order valence-corrected chi connectivity index (χ3v) is 5.71. The number of amides is 3. The van der Waals surface area contributed by atoms with E-state index in [1.165, 1.54) is 0 Å². The van der Waals surface area contributed by atoms with E-state index in [1.807, 2.05) is 24.3 Å². The van der Waals surface area contributed by atoms with Gasteiger partial charge in [0.1, 0.15) is 0 Å². The summed E-state index contributed by atoms with van der Waals surface area (Å²) in [6.07, 6.45) is 6.03. The molecule has 0 unspecified atom stereocenters. The summed E-state index contributed by atoms with van der Waals surface area (Å²) in [5.41, 5.74) is 2.79. The average Bonchev–Trinajstić information content (AvgIpc) is 3.46. The predicted molar refractivity (Wildman–Crippen MR) is 116 cm³/mol. The van der Waals surface area contributed by atoms with Gasteiger partial charge in [0.2, 0.25) is 11.8 Å². The first-order chi connectivity index (χ1) is 14.6. The molecule has 3 amide bonds. The molecule has 4 rings (SSSR count). The van der Waals surface area contributed by atoms with Crippen LogP contribution in [0.3, 0.4) is 0 Å². The Bertz CT molecular complexity index is 946. The van der Waals surface area contributed by atoms with Crippen LogP contribution in [0.15, 0.2) is 48.5 Å². The van der Waals surface area contributed by atoms with Gasteiger partial charge in [0, 0.05) is 35.3 Å². The summed E-state index contributed by atoms with van der Waals surface area (Å²) < 4.78 is 0. The van der Waals surface area contributed by atoms with Crippen LogP contribution in [0.5, 0.6) is 0 Å². The van der Waals surface area contributed by atoms with Gasteiger partial charge in [-0.1, -0.05) is 31.0 Å². The van der Waals surface area contributed by atoms with Crippen molar-refractivity contribution in [2.75, 3.05) is 10.6 Å². The van der Waals surface area contributed by atoms with Gasteiger partial charge >= 0.3 is 0 Å². The van der Waals surface area contributed by atoms with Gasteiger partial charge in [-0.2, -0.15) is 0 Å². The maximum Gasteiger partial charge on any atom is 0.251 e. The molecule has 156 valence electrons. The SMILES string of the molecule is O=C(NCc1cccc(NC(=O)C2CCCC2)c1)c1cccc(NC(=O)C2CC2)c1. The van der Waals surface area contributed by atoms with E-state index in [-0.39, 0.29) is 29.6 Å². The Morgan fingerprint density at radius 2 is 1.37 bits per heavy atom. The molecular weight excluding hydrogens is 378 g/mol. The fourth-order valence-corrected chi connectivity index (χ4v) is 3.80. The fourth-order valence-electron chi connectivity index (χ4n) is 3.80. The zero-order valence-corrected chi connectivity index (χ0v) is 16.9. The highest BCUT2D eigenvalue weighted by atomic mass is 16.2. The van der Waals surface area contributed by atoms with Crippen molar-refractivity contribution < 1.29 is 14.4 Å². The second-order valence-corrected chi connectivity index (χ2v) is 8.20. The number of anilines is 2. The van der Waals surface area contributed by atoms with Crippen molar-refractivity contribution >= 4 is 29.1 Å². The van der Waals surface area contributed by atoms with Crippen LogP contribution in [0, 0.1) is 11.8 Å². The smallest absolute Gasteiger partial charge is 0.251 e. The zero-order chi connectivity index (χ0) is 20.9. The van der Waals surface area contributed by atoms with Gasteiger partial charge in [0.05, 0.1) is 0 Å². The van der Waals surface area contributed by atoms with Gasteiger partial charge in [0.15, 0.2) is 0 Å². The molecule has 2 aromatic rings. The van der Waals surface area contributed by atoms with E-state index in [4.69, 9.17) is 0 Å². The molecule has 0 heterocycles. The van der Waals surface area contributed by atoms with Crippen LogP contribution >= 0.6 is 0 Å². The monoisotopic (exact) mass is 405 g/mol. The second-order valence-electron chi connectivity index (χ2n) is 8.20. The zero-order valence-electron chi connectivity index (χ0n) is 16.9. The topological polar surface area (TPSA) is 87.3 Å². The highest BCUT2D eigenvalue weighted by Crippen LogP contribution is 2.30. The van der Waals surface area contributed by atoms with Crippen molar-refractivity contribution in [3.63, 3.8) is 0 Å². The highest BCUT2D eigenvalue weighted by molar-refractivity contribution is 5.98. The molecule has 0 aromatic heterocycles. The number of carbonyl (C=O) groups is 3. The molecule has 2 aromatic carbocycles. The van der Waals surface area contributed by atoms with Crippen LogP contribution in [0.25, 0.3) is 0 Å². The van der Waals surface area contributed by atoms with Crippen LogP contribution in [0.1, 0.15) is 54.4 Å². The van der Waals surface area contributed by atoms with Crippen LogP contribution in [-0.4, -0.2) is 17.7 Å². The van der Waals surface area contributed by atoms with Gasteiger partial charge in [-0.15, -0.1) is 0 Å². The van der Waals surface area contributed by atoms with Gasteiger partial charge < -0.3 is 16.0 Å². The molecule has 0 bridgehead atoms. The molecule has 3 N–H and O–H groups in total. The first-order valence-electron chi connectivity index (χ1n) is 10.7. The molecule has 2 aliphatic rings. The molecule has 0 saturated heterocycles. The number of nitrogens with one attached hydrogen (secondary N) is 3. The maximum absolute atomic E-state index is 12.5. The Hall–Kier alpha value is -3.15. The maximum atomic E-state index is 12.5. The summed E-state index contributed by atoms with van der Waals surface area (Å²) in [5.74, 6) is 0.116. The third-order valence-electron chi connectivity index (χ3n) is 5.71. The molecule has 0 aliphatic heterocycles. The van der Waals surface area contributed by atoms with E-state index < -0.39 is 0 Å². The van der Waals surface area contributed by atoms with E-state index in [1.54, 1.807) is 24.3 Å². The summed E-state index contributed by atoms with van der Waals surface area (Å²) in [7, 11) is 0. The van der Waals surface area contributed by atoms with Gasteiger partial charge in [-0.3, -0.25) is 14.4 Å². The van der Waals surface area contributed by atoms with Gasteiger partial charge in [0.25, 0.3) is 5.91 Å². The number of hydrogen-bond acceptors (Lipinski definition) is 3. The largest absolute Gasteiger partial charge is 0.348 e. The molecule has 6 heteroatoms. The van der Waals surface area contributed by atoms with Crippen LogP contribution in [0.4, 0.5) is 11.4 Å². The first kappa shape index (κ1) is 20.1. The van der Waals surface area contributed by atoms with E-state index in [2.05, 4.69) is 16.0 Å². The summed E-state index contributed by atoms with van der Waals surface area (Å²) in [6, 6.07) is 14.5. The molecular formula is C24H27N3O3. The Morgan fingerprint density at radius 3 is 2.03 bits per heavy atom. The normalized spacial score (nSPS) is 16.1. The molecule has 6 nitrogen and oxygen atoms in total. The standard InChI is InChI=1S/C24H27N3O3/c28-22(19-8-4-10-21(14-19)27-24(30)18-11-12-18)25-15-16-5-3-9-20(13-16)26-23(29)17-6-1-2-7-17/h3-5,8-10,13-14,17-18H,1-2,6-7,11-12,15H2,(H,25,28)(H,26,29)(H,27,30). The Morgan fingerprint density at radius 1 is 0.767 bits per heavy atom. The van der Waals surface area contributed by atoms with Gasteiger partial charge in [-0.05, 0) is 61.6 Å². The van der Waals surface area contributed by atoms with Gasteiger partial charge in [-0.25, -0.2) is 0 Å². The number of carbonyl (C=O) groups excluding carboxylic acids is 3. The minimum absolute atomic E-state index is 0.0176. The number of hydrogen-bond donors (Lipinski definition) is 3. The van der Waals surface area contributed by atoms with E-state index >= 15 is 0 Å². The predicted octanol–water partition coefficient (Wildman–Crippen LogP) is 4.09. The molecule has 2 fully saturated rings. The molecule has 2 saturated carbocycles. The third kappa shape index (κ3) is 5.26. The first-order valence-corrected chi connectivity index (χ1v) is 10.7. The van der Waals surface area contributed by atoms with E-state index in [9.17, 15) is 14.4 Å². The van der Waals surface area contributed by atoms with Crippen LogP contribution < -0.4 is 16.0 Å². The average molecular weight is 405 g/mol. The minimum atomic E-state index is -0.210.